The van der Waals surface area contributed by atoms with Crippen LogP contribution in [0.3, 0.4) is 0 Å². The highest BCUT2D eigenvalue weighted by atomic mass is 32.1. The zero-order valence-corrected chi connectivity index (χ0v) is 20.4. The van der Waals surface area contributed by atoms with Crippen molar-refractivity contribution in [3.05, 3.63) is 88.1 Å². The maximum Gasteiger partial charge on any atom is 0.247 e. The molecule has 4 rings (SSSR count). The fourth-order valence-corrected chi connectivity index (χ4v) is 5.27. The summed E-state index contributed by atoms with van der Waals surface area (Å²) in [4.78, 5) is 30.2. The molecule has 1 atom stereocenters. The van der Waals surface area contributed by atoms with Gasteiger partial charge in [0.1, 0.15) is 11.8 Å². The van der Waals surface area contributed by atoms with E-state index in [1.165, 1.54) is 6.42 Å². The average Bonchev–Trinajstić information content (AvgIpc) is 3.38. The molecule has 1 heterocycles. The number of carbonyl (C=O) groups is 2. The number of nitrogens with zero attached hydrogens (tertiary/aromatic N) is 1. The van der Waals surface area contributed by atoms with Gasteiger partial charge in [-0.3, -0.25) is 9.59 Å². The highest BCUT2D eigenvalue weighted by Crippen LogP contribution is 2.29. The molecular weight excluding hydrogens is 444 g/mol. The molecule has 3 aromatic rings. The van der Waals surface area contributed by atoms with Gasteiger partial charge < -0.3 is 15.0 Å². The Labute approximate surface area is 205 Å². The number of ether oxygens (including phenoxy) is 1. The molecule has 1 N–H and O–H groups in total. The molecule has 0 bridgehead atoms. The summed E-state index contributed by atoms with van der Waals surface area (Å²) in [6.45, 7) is 0.352. The van der Waals surface area contributed by atoms with Crippen LogP contribution in [0.5, 0.6) is 5.75 Å². The molecule has 1 aromatic heterocycles. The minimum atomic E-state index is -0.746. The Hall–Kier alpha value is -3.12. The van der Waals surface area contributed by atoms with Gasteiger partial charge in [-0.05, 0) is 47.5 Å². The first-order chi connectivity index (χ1) is 16.6. The first kappa shape index (κ1) is 24.0. The molecule has 34 heavy (non-hydrogen) atoms. The lowest BCUT2D eigenvalue weighted by Gasteiger charge is -2.33. The smallest absolute Gasteiger partial charge is 0.247 e. The van der Waals surface area contributed by atoms with Crippen molar-refractivity contribution in [3.63, 3.8) is 0 Å². The molecular formula is C28H32N2O3S. The number of nitrogens with one attached hydrogen (secondary N) is 1. The van der Waals surface area contributed by atoms with Crippen molar-refractivity contribution in [2.24, 2.45) is 0 Å². The lowest BCUT2D eigenvalue weighted by atomic mass is 9.94. The van der Waals surface area contributed by atoms with Gasteiger partial charge in [-0.1, -0.05) is 67.8 Å². The van der Waals surface area contributed by atoms with E-state index in [0.29, 0.717) is 12.3 Å². The van der Waals surface area contributed by atoms with Crippen LogP contribution in [-0.4, -0.2) is 29.9 Å². The maximum absolute atomic E-state index is 13.8. The Bertz CT molecular complexity index is 1060. The third-order valence-corrected chi connectivity index (χ3v) is 7.22. The second-order valence-corrected chi connectivity index (χ2v) is 9.82. The number of hydrogen-bond acceptors (Lipinski definition) is 4. The second-order valence-electron chi connectivity index (χ2n) is 8.79. The molecule has 2 amide bonds. The van der Waals surface area contributed by atoms with E-state index in [-0.39, 0.29) is 24.3 Å². The fourth-order valence-electron chi connectivity index (χ4n) is 4.58. The molecule has 0 saturated heterocycles. The Morgan fingerprint density at radius 2 is 1.82 bits per heavy atom. The van der Waals surface area contributed by atoms with Crippen molar-refractivity contribution in [1.82, 2.24) is 10.2 Å². The molecule has 0 spiro atoms. The van der Waals surface area contributed by atoms with Gasteiger partial charge in [0.15, 0.2) is 0 Å². The van der Waals surface area contributed by atoms with E-state index in [1.807, 2.05) is 72.1 Å². The van der Waals surface area contributed by atoms with Gasteiger partial charge in [0.05, 0.1) is 13.5 Å². The van der Waals surface area contributed by atoms with Crippen molar-refractivity contribution in [1.29, 1.82) is 0 Å². The molecule has 178 valence electrons. The minimum absolute atomic E-state index is 0.0714. The highest BCUT2D eigenvalue weighted by Gasteiger charge is 2.33. The van der Waals surface area contributed by atoms with Crippen LogP contribution in [0, 0.1) is 0 Å². The zero-order chi connectivity index (χ0) is 23.8. The van der Waals surface area contributed by atoms with Crippen molar-refractivity contribution < 1.29 is 14.3 Å². The number of hydrogen-bond donors (Lipinski definition) is 1. The Morgan fingerprint density at radius 1 is 1.03 bits per heavy atom. The van der Waals surface area contributed by atoms with Gasteiger partial charge in [-0.2, -0.15) is 0 Å². The van der Waals surface area contributed by atoms with E-state index in [9.17, 15) is 9.59 Å². The number of rotatable bonds is 9. The van der Waals surface area contributed by atoms with Crippen LogP contribution >= 0.6 is 11.3 Å². The number of thiophene rings is 1. The molecule has 1 aliphatic carbocycles. The van der Waals surface area contributed by atoms with Gasteiger partial charge >= 0.3 is 0 Å². The van der Waals surface area contributed by atoms with Crippen LogP contribution in [0.2, 0.25) is 0 Å². The third kappa shape index (κ3) is 6.26. The summed E-state index contributed by atoms with van der Waals surface area (Å²) in [6, 6.07) is 20.7. The van der Waals surface area contributed by atoms with Gasteiger partial charge in [-0.15, -0.1) is 11.3 Å². The lowest BCUT2D eigenvalue weighted by Crippen LogP contribution is -2.47. The minimum Gasteiger partial charge on any atom is -0.497 e. The van der Waals surface area contributed by atoms with E-state index < -0.39 is 6.04 Å². The summed E-state index contributed by atoms with van der Waals surface area (Å²) in [5, 5.41) is 5.24. The first-order valence-electron chi connectivity index (χ1n) is 11.9. The van der Waals surface area contributed by atoms with Gasteiger partial charge in [0.2, 0.25) is 11.8 Å². The van der Waals surface area contributed by atoms with Crippen molar-refractivity contribution in [2.75, 3.05) is 7.11 Å². The molecule has 0 unspecified atom stereocenters. The van der Waals surface area contributed by atoms with E-state index in [4.69, 9.17) is 4.74 Å². The van der Waals surface area contributed by atoms with Crippen molar-refractivity contribution >= 4 is 23.2 Å². The number of benzene rings is 2. The monoisotopic (exact) mass is 476 g/mol. The van der Waals surface area contributed by atoms with E-state index in [0.717, 1.165) is 41.7 Å². The first-order valence-corrected chi connectivity index (χ1v) is 12.8. The van der Waals surface area contributed by atoms with E-state index in [2.05, 4.69) is 5.32 Å². The highest BCUT2D eigenvalue weighted by molar-refractivity contribution is 7.10. The molecule has 1 aliphatic rings. The molecule has 1 saturated carbocycles. The van der Waals surface area contributed by atoms with Crippen molar-refractivity contribution in [3.8, 4) is 5.75 Å². The van der Waals surface area contributed by atoms with Crippen LogP contribution in [0.1, 0.15) is 54.1 Å². The second kappa shape index (κ2) is 11.8. The van der Waals surface area contributed by atoms with Gasteiger partial charge in [-0.25, -0.2) is 0 Å². The number of amides is 2. The Morgan fingerprint density at radius 3 is 2.53 bits per heavy atom. The fraction of sp³-hybridized carbons (Fsp3) is 0.357. The maximum atomic E-state index is 13.8. The number of methoxy groups -OCH3 is 1. The van der Waals surface area contributed by atoms with Gasteiger partial charge in [0, 0.05) is 17.5 Å². The topological polar surface area (TPSA) is 58.6 Å². The molecule has 0 radical (unpaired) electrons. The molecule has 5 nitrogen and oxygen atoms in total. The number of carbonyl (C=O) groups excluding carboxylic acids is 2. The van der Waals surface area contributed by atoms with Crippen LogP contribution in [-0.2, 0) is 22.6 Å². The summed E-state index contributed by atoms with van der Waals surface area (Å²) < 4.78 is 5.44. The Balaban J connectivity index is 1.70. The summed E-state index contributed by atoms with van der Waals surface area (Å²) in [5.41, 5.74) is 1.74. The quantitative estimate of drug-likeness (QED) is 0.443. The normalized spacial score (nSPS) is 14.9. The molecule has 0 aliphatic heterocycles. The summed E-state index contributed by atoms with van der Waals surface area (Å²) in [7, 11) is 1.61. The molecule has 1 fully saturated rings. The van der Waals surface area contributed by atoms with Crippen LogP contribution in [0.25, 0.3) is 0 Å². The largest absolute Gasteiger partial charge is 0.497 e. The van der Waals surface area contributed by atoms with Gasteiger partial charge in [0.25, 0.3) is 0 Å². The van der Waals surface area contributed by atoms with E-state index in [1.54, 1.807) is 23.3 Å². The van der Waals surface area contributed by atoms with Crippen LogP contribution < -0.4 is 10.1 Å². The van der Waals surface area contributed by atoms with Crippen molar-refractivity contribution in [2.45, 2.75) is 57.2 Å². The predicted octanol–water partition coefficient (Wildman–Crippen LogP) is 5.52. The zero-order valence-electron chi connectivity index (χ0n) is 19.6. The summed E-state index contributed by atoms with van der Waals surface area (Å²) in [5.74, 6) is 0.465. The average molecular weight is 477 g/mol. The van der Waals surface area contributed by atoms with E-state index >= 15 is 0 Å². The standard InChI is InChI=1S/C28H32N2O3S/c1-33-24-15-8-12-22(18-24)27(28(32)29-23-13-6-3-7-14-23)30(20-21-10-4-2-5-11-21)26(31)19-25-16-9-17-34-25/h2,4-5,8-12,15-18,23,27H,3,6-7,13-14,19-20H2,1H3,(H,29,32)/t27-/m0/s1. The van der Waals surface area contributed by atoms with Crippen LogP contribution in [0.15, 0.2) is 72.1 Å². The van der Waals surface area contributed by atoms with Crippen LogP contribution in [0.4, 0.5) is 0 Å². The lowest BCUT2D eigenvalue weighted by molar-refractivity contribution is -0.141. The summed E-state index contributed by atoms with van der Waals surface area (Å²) >= 11 is 1.56. The SMILES string of the molecule is COc1cccc([C@@H](C(=O)NC2CCCCC2)N(Cc2ccccc2)C(=O)Cc2cccs2)c1. The predicted molar refractivity (Wildman–Crippen MR) is 136 cm³/mol. The summed E-state index contributed by atoms with van der Waals surface area (Å²) in [6.07, 6.45) is 5.70. The Kier molecular flexibility index (Phi) is 8.36. The third-order valence-electron chi connectivity index (χ3n) is 6.34. The molecule has 2 aromatic carbocycles. The molecule has 6 heteroatoms.